The zero-order valence-electron chi connectivity index (χ0n) is 20.7. The molecule has 2 N–H and O–H groups in total. The van der Waals surface area contributed by atoms with Crippen molar-refractivity contribution in [1.29, 1.82) is 5.26 Å². The minimum atomic E-state index is -0.636. The van der Waals surface area contributed by atoms with Crippen molar-refractivity contribution < 1.29 is 13.5 Å². The Balaban J connectivity index is 0.00000130. The molecule has 2 aromatic carbocycles. The van der Waals surface area contributed by atoms with Crippen LogP contribution in [0, 0.1) is 34.8 Å². The Morgan fingerprint density at radius 2 is 1.81 bits per heavy atom. The van der Waals surface area contributed by atoms with Crippen LogP contribution in [-0.2, 0) is 18.0 Å². The number of rotatable bonds is 2. The highest BCUT2D eigenvalue weighted by molar-refractivity contribution is 7.23. The lowest BCUT2D eigenvalue weighted by Crippen LogP contribution is -2.22. The minimum Gasteiger partial charge on any atom is -0.389 e. The number of nitrogens with zero attached hydrogens (tertiary/aromatic N) is 4. The molecule has 9 heteroatoms. The summed E-state index contributed by atoms with van der Waals surface area (Å²) in [5, 5.41) is 10.9. The highest BCUT2D eigenvalue weighted by Gasteiger charge is 2.32. The zero-order valence-corrected chi connectivity index (χ0v) is 21.5. The summed E-state index contributed by atoms with van der Waals surface area (Å²) in [6.45, 7) is 10.3. The first kappa shape index (κ1) is 24.3. The summed E-state index contributed by atoms with van der Waals surface area (Å²) in [5.41, 5.74) is 7.77. The summed E-state index contributed by atoms with van der Waals surface area (Å²) in [6.07, 6.45) is 1.64. The van der Waals surface area contributed by atoms with E-state index in [-0.39, 0.29) is 40.4 Å². The predicted octanol–water partition coefficient (Wildman–Crippen LogP) is 6.39. The Labute approximate surface area is 212 Å². The van der Waals surface area contributed by atoms with Crippen molar-refractivity contribution in [1.82, 2.24) is 9.97 Å². The van der Waals surface area contributed by atoms with E-state index in [4.69, 9.17) is 10.5 Å². The molecule has 2 aromatic heterocycles. The van der Waals surface area contributed by atoms with Gasteiger partial charge in [-0.2, -0.15) is 5.26 Å². The van der Waals surface area contributed by atoms with Crippen LogP contribution in [0.15, 0.2) is 18.3 Å². The van der Waals surface area contributed by atoms with Crippen molar-refractivity contribution in [3.63, 3.8) is 0 Å². The molecule has 2 aliphatic rings. The van der Waals surface area contributed by atoms with Gasteiger partial charge in [-0.15, -0.1) is 11.3 Å². The Hall–Kier alpha value is -3.35. The number of benzene rings is 2. The third kappa shape index (κ3) is 3.59. The van der Waals surface area contributed by atoms with Gasteiger partial charge in [-0.05, 0) is 35.1 Å². The van der Waals surface area contributed by atoms with E-state index >= 15 is 8.78 Å². The van der Waals surface area contributed by atoms with Gasteiger partial charge in [0.05, 0.1) is 18.8 Å². The van der Waals surface area contributed by atoms with E-state index in [9.17, 15) is 5.26 Å². The molecule has 4 aromatic rings. The van der Waals surface area contributed by atoms with Crippen LogP contribution in [0.2, 0.25) is 0 Å². The molecule has 6 nitrogen and oxygen atoms in total. The molecule has 0 aliphatic carbocycles. The monoisotopic (exact) mass is 507 g/mol. The topological polar surface area (TPSA) is 88.1 Å². The number of ether oxygens (including phenoxy) is 1. The summed E-state index contributed by atoms with van der Waals surface area (Å²) in [7, 11) is 0. The maximum Gasteiger partial charge on any atom is 0.225 e. The van der Waals surface area contributed by atoms with E-state index in [1.165, 1.54) is 17.4 Å². The number of anilines is 2. The van der Waals surface area contributed by atoms with Gasteiger partial charge in [0.1, 0.15) is 22.4 Å². The number of fused-ring (bicyclic) bond motifs is 4. The number of nitriles is 1. The molecule has 2 unspecified atom stereocenters. The summed E-state index contributed by atoms with van der Waals surface area (Å²) in [5.74, 6) is 0.166. The molecule has 2 atom stereocenters. The van der Waals surface area contributed by atoms with Crippen LogP contribution in [0.4, 0.5) is 19.7 Å². The van der Waals surface area contributed by atoms with Gasteiger partial charge in [0.25, 0.3) is 0 Å². The van der Waals surface area contributed by atoms with Crippen LogP contribution >= 0.6 is 11.3 Å². The normalized spacial score (nSPS) is 18.9. The molecule has 6 rings (SSSR count). The Bertz CT molecular complexity index is 1530. The van der Waals surface area contributed by atoms with Gasteiger partial charge in [-0.25, -0.2) is 18.7 Å². The fraction of sp³-hybridized carbons (Fsp3) is 0.370. The highest BCUT2D eigenvalue weighted by atomic mass is 32.1. The van der Waals surface area contributed by atoms with Gasteiger partial charge >= 0.3 is 0 Å². The molecular weight excluding hydrogens is 480 g/mol. The number of nitrogens with two attached hydrogens (primary N) is 1. The van der Waals surface area contributed by atoms with E-state index in [0.29, 0.717) is 38.8 Å². The van der Waals surface area contributed by atoms with Gasteiger partial charge in [0.15, 0.2) is 5.82 Å². The lowest BCUT2D eigenvalue weighted by molar-refractivity contribution is 0.135. The molecule has 0 saturated carbocycles. The summed E-state index contributed by atoms with van der Waals surface area (Å²) in [6, 6.07) is 4.93. The number of aromatic nitrogens is 2. The maximum absolute atomic E-state index is 16.3. The largest absolute Gasteiger partial charge is 0.389 e. The van der Waals surface area contributed by atoms with Crippen molar-refractivity contribution in [3.8, 4) is 17.2 Å². The van der Waals surface area contributed by atoms with Crippen molar-refractivity contribution in [2.45, 2.75) is 40.9 Å². The average molecular weight is 508 g/mol. The van der Waals surface area contributed by atoms with Gasteiger partial charge in [0, 0.05) is 45.9 Å². The lowest BCUT2D eigenvalue weighted by atomic mass is 9.90. The van der Waals surface area contributed by atoms with Gasteiger partial charge < -0.3 is 15.4 Å². The summed E-state index contributed by atoms with van der Waals surface area (Å²) >= 11 is 1.19. The van der Waals surface area contributed by atoms with Gasteiger partial charge in [-0.3, -0.25) is 0 Å². The third-order valence-electron chi connectivity index (χ3n) is 7.15. The third-order valence-corrected chi connectivity index (χ3v) is 8.14. The molecule has 1 fully saturated rings. The fourth-order valence-corrected chi connectivity index (χ4v) is 6.08. The van der Waals surface area contributed by atoms with E-state index in [1.807, 2.05) is 13.8 Å². The Kier molecular flexibility index (Phi) is 6.27. The SMILES string of the molecule is CC.CC1CN(c2ncc3c4c(c(-c5c(F)ccc6sc(N)c(C#N)c56)c(F)c3n2)COC4)CC1C. The van der Waals surface area contributed by atoms with E-state index in [1.54, 1.807) is 12.3 Å². The lowest BCUT2D eigenvalue weighted by Gasteiger charge is -2.18. The van der Waals surface area contributed by atoms with Crippen molar-refractivity contribution in [2.24, 2.45) is 11.8 Å². The number of nitrogen functional groups attached to an aromatic ring is 1. The van der Waals surface area contributed by atoms with E-state index in [0.717, 1.165) is 18.7 Å². The second-order valence-electron chi connectivity index (χ2n) is 9.18. The van der Waals surface area contributed by atoms with Crippen molar-refractivity contribution >= 4 is 43.3 Å². The van der Waals surface area contributed by atoms with Crippen LogP contribution in [-0.4, -0.2) is 23.1 Å². The molecule has 1 saturated heterocycles. The molecule has 0 spiro atoms. The van der Waals surface area contributed by atoms with Gasteiger partial charge in [-0.1, -0.05) is 27.7 Å². The predicted molar refractivity (Wildman–Crippen MR) is 140 cm³/mol. The highest BCUT2D eigenvalue weighted by Crippen LogP contribution is 2.46. The maximum atomic E-state index is 16.3. The van der Waals surface area contributed by atoms with Crippen LogP contribution in [0.25, 0.3) is 32.1 Å². The number of hydrogen-bond donors (Lipinski definition) is 1. The van der Waals surface area contributed by atoms with Crippen molar-refractivity contribution in [3.05, 3.63) is 46.7 Å². The van der Waals surface area contributed by atoms with Gasteiger partial charge in [0.2, 0.25) is 5.95 Å². The van der Waals surface area contributed by atoms with E-state index in [2.05, 4.69) is 34.8 Å². The smallest absolute Gasteiger partial charge is 0.225 e. The quantitative estimate of drug-likeness (QED) is 0.338. The van der Waals surface area contributed by atoms with Crippen LogP contribution in [0.5, 0.6) is 0 Å². The standard InChI is InChI=1S/C25H21F2N5OS.C2H6/c1-11-7-32(8-12(11)2)25-30-6-14-15-9-33-10-16(15)20(22(27)23(14)31-25)21-17(26)3-4-18-19(21)13(5-28)24(29)34-18;1-2/h3-4,6,11-12H,7-10,29H2,1-2H3;1-2H3. The zero-order chi connectivity index (χ0) is 25.7. The molecule has 4 heterocycles. The molecule has 186 valence electrons. The first-order valence-electron chi connectivity index (χ1n) is 12.1. The molecule has 0 radical (unpaired) electrons. The molecule has 2 aliphatic heterocycles. The summed E-state index contributed by atoms with van der Waals surface area (Å²) in [4.78, 5) is 11.2. The molecule has 36 heavy (non-hydrogen) atoms. The molecular formula is C27H27F2N5OS. The number of hydrogen-bond acceptors (Lipinski definition) is 7. The Morgan fingerprint density at radius 1 is 1.11 bits per heavy atom. The van der Waals surface area contributed by atoms with Crippen LogP contribution < -0.4 is 10.6 Å². The second kappa shape index (κ2) is 9.26. The van der Waals surface area contributed by atoms with Crippen LogP contribution in [0.1, 0.15) is 44.4 Å². The van der Waals surface area contributed by atoms with E-state index < -0.39 is 11.6 Å². The first-order valence-corrected chi connectivity index (χ1v) is 12.9. The first-order chi connectivity index (χ1) is 17.4. The van der Waals surface area contributed by atoms with Crippen molar-refractivity contribution in [2.75, 3.05) is 23.7 Å². The Morgan fingerprint density at radius 3 is 2.50 bits per heavy atom. The molecule has 0 bridgehead atoms. The van der Waals surface area contributed by atoms with Crippen LogP contribution in [0.3, 0.4) is 0 Å². The number of thiophene rings is 1. The fourth-order valence-electron chi connectivity index (χ4n) is 5.15. The minimum absolute atomic E-state index is 0.0340. The number of halogens is 2. The average Bonchev–Trinajstić information content (AvgIpc) is 3.58. The summed E-state index contributed by atoms with van der Waals surface area (Å²) < 4.78 is 38.0. The second-order valence-corrected chi connectivity index (χ2v) is 10.3. The molecule has 0 amide bonds.